The van der Waals surface area contributed by atoms with Crippen LogP contribution in [-0.2, 0) is 17.9 Å². The predicted octanol–water partition coefficient (Wildman–Crippen LogP) is 2.23. The fourth-order valence-corrected chi connectivity index (χ4v) is 1.75. The molecule has 1 aromatic heterocycles. The van der Waals surface area contributed by atoms with Gasteiger partial charge < -0.3 is 15.2 Å². The van der Waals surface area contributed by atoms with Crippen molar-refractivity contribution in [2.45, 2.75) is 26.9 Å². The first-order valence-electron chi connectivity index (χ1n) is 6.13. The number of anilines is 1. The van der Waals surface area contributed by atoms with Crippen molar-refractivity contribution >= 4 is 11.6 Å². The van der Waals surface area contributed by atoms with E-state index in [1.54, 1.807) is 0 Å². The van der Waals surface area contributed by atoms with Crippen LogP contribution in [0.1, 0.15) is 23.9 Å². The molecule has 0 atom stereocenters. The van der Waals surface area contributed by atoms with E-state index in [0.29, 0.717) is 6.54 Å². The van der Waals surface area contributed by atoms with Gasteiger partial charge in [0.05, 0.1) is 5.69 Å². The van der Waals surface area contributed by atoms with Crippen LogP contribution in [0.25, 0.3) is 0 Å². The lowest BCUT2D eigenvalue weighted by molar-refractivity contribution is -0.114. The maximum Gasteiger partial charge on any atom is 0.221 e. The van der Waals surface area contributed by atoms with Gasteiger partial charge in [-0.15, -0.1) is 0 Å². The molecular weight excluding hydrogens is 242 g/mol. The number of amides is 1. The quantitative estimate of drug-likeness (QED) is 0.864. The van der Waals surface area contributed by atoms with Crippen molar-refractivity contribution in [1.29, 1.82) is 0 Å². The molecule has 5 heteroatoms. The Morgan fingerprint density at radius 2 is 2.00 bits per heavy atom. The molecule has 0 bridgehead atoms. The maximum atomic E-state index is 10.9. The van der Waals surface area contributed by atoms with Crippen LogP contribution in [0.15, 0.2) is 34.9 Å². The third-order valence-corrected chi connectivity index (χ3v) is 2.59. The van der Waals surface area contributed by atoms with Crippen molar-refractivity contribution in [1.82, 2.24) is 10.5 Å². The number of carbonyl (C=O) groups excluding carboxylic acids is 1. The molecule has 0 spiro atoms. The number of hydrogen-bond acceptors (Lipinski definition) is 4. The minimum absolute atomic E-state index is 0.0627. The Kier molecular flexibility index (Phi) is 4.30. The van der Waals surface area contributed by atoms with Gasteiger partial charge in [0, 0.05) is 31.8 Å². The largest absolute Gasteiger partial charge is 0.361 e. The number of nitrogens with one attached hydrogen (secondary N) is 2. The Morgan fingerprint density at radius 1 is 1.26 bits per heavy atom. The number of aromatic nitrogens is 1. The van der Waals surface area contributed by atoms with Gasteiger partial charge in [0.2, 0.25) is 5.91 Å². The zero-order valence-electron chi connectivity index (χ0n) is 11.1. The zero-order valence-corrected chi connectivity index (χ0v) is 11.1. The van der Waals surface area contributed by atoms with Gasteiger partial charge in [-0.3, -0.25) is 4.79 Å². The highest BCUT2D eigenvalue weighted by atomic mass is 16.5. The summed E-state index contributed by atoms with van der Waals surface area (Å²) < 4.78 is 4.99. The second-order valence-electron chi connectivity index (χ2n) is 4.41. The number of aryl methyl sites for hydroxylation is 1. The van der Waals surface area contributed by atoms with E-state index in [-0.39, 0.29) is 5.91 Å². The predicted molar refractivity (Wildman–Crippen MR) is 72.5 cm³/mol. The Bertz CT molecular complexity index is 546. The number of carbonyl (C=O) groups is 1. The molecule has 19 heavy (non-hydrogen) atoms. The average molecular weight is 259 g/mol. The van der Waals surface area contributed by atoms with Gasteiger partial charge in [-0.25, -0.2) is 0 Å². The molecule has 0 saturated carbocycles. The molecule has 2 N–H and O–H groups in total. The highest BCUT2D eigenvalue weighted by Gasteiger charge is 2.00. The van der Waals surface area contributed by atoms with Crippen LogP contribution in [-0.4, -0.2) is 11.1 Å². The summed E-state index contributed by atoms with van der Waals surface area (Å²) in [6.07, 6.45) is 0. The van der Waals surface area contributed by atoms with Crippen LogP contribution < -0.4 is 10.6 Å². The van der Waals surface area contributed by atoms with Gasteiger partial charge in [-0.1, -0.05) is 17.3 Å². The minimum Gasteiger partial charge on any atom is -0.361 e. The van der Waals surface area contributed by atoms with E-state index in [9.17, 15) is 4.79 Å². The van der Waals surface area contributed by atoms with Gasteiger partial charge >= 0.3 is 0 Å². The summed E-state index contributed by atoms with van der Waals surface area (Å²) in [7, 11) is 0. The highest BCUT2D eigenvalue weighted by Crippen LogP contribution is 2.09. The Balaban J connectivity index is 1.81. The van der Waals surface area contributed by atoms with E-state index in [4.69, 9.17) is 4.52 Å². The van der Waals surface area contributed by atoms with E-state index in [0.717, 1.165) is 29.2 Å². The van der Waals surface area contributed by atoms with E-state index in [1.807, 2.05) is 37.3 Å². The molecule has 5 nitrogen and oxygen atoms in total. The van der Waals surface area contributed by atoms with Crippen molar-refractivity contribution in [2.24, 2.45) is 0 Å². The number of nitrogens with zero attached hydrogens (tertiary/aromatic N) is 1. The average Bonchev–Trinajstić information content (AvgIpc) is 2.77. The third kappa shape index (κ3) is 4.22. The lowest BCUT2D eigenvalue weighted by Crippen LogP contribution is -2.13. The van der Waals surface area contributed by atoms with Gasteiger partial charge in [-0.2, -0.15) is 0 Å². The summed E-state index contributed by atoms with van der Waals surface area (Å²) >= 11 is 0. The maximum absolute atomic E-state index is 10.9. The first-order chi connectivity index (χ1) is 9.13. The van der Waals surface area contributed by atoms with Gasteiger partial charge in [0.1, 0.15) is 5.76 Å². The molecule has 1 amide bonds. The van der Waals surface area contributed by atoms with E-state index in [1.165, 1.54) is 6.92 Å². The Hall–Kier alpha value is -2.14. The fraction of sp³-hybridized carbons (Fsp3) is 0.286. The summed E-state index contributed by atoms with van der Waals surface area (Å²) in [5.74, 6) is 0.753. The van der Waals surface area contributed by atoms with E-state index in [2.05, 4.69) is 15.8 Å². The summed E-state index contributed by atoms with van der Waals surface area (Å²) in [6, 6.07) is 9.64. The summed E-state index contributed by atoms with van der Waals surface area (Å²) in [6.45, 7) is 4.78. The van der Waals surface area contributed by atoms with Crippen LogP contribution >= 0.6 is 0 Å². The molecule has 2 aromatic rings. The SMILES string of the molecule is CC(=O)Nc1ccc(CNCc2cc(C)on2)cc1. The molecular formula is C14H17N3O2. The lowest BCUT2D eigenvalue weighted by Gasteiger charge is -2.05. The topological polar surface area (TPSA) is 67.2 Å². The second-order valence-corrected chi connectivity index (χ2v) is 4.41. The number of rotatable bonds is 5. The highest BCUT2D eigenvalue weighted by molar-refractivity contribution is 5.88. The summed E-state index contributed by atoms with van der Waals surface area (Å²) in [5.41, 5.74) is 2.85. The van der Waals surface area contributed by atoms with Crippen LogP contribution in [0, 0.1) is 6.92 Å². The van der Waals surface area contributed by atoms with Crippen molar-refractivity contribution in [3.05, 3.63) is 47.3 Å². The van der Waals surface area contributed by atoms with E-state index < -0.39 is 0 Å². The van der Waals surface area contributed by atoms with E-state index >= 15 is 0 Å². The van der Waals surface area contributed by atoms with Crippen LogP contribution in [0.5, 0.6) is 0 Å². The van der Waals surface area contributed by atoms with Gasteiger partial charge in [-0.05, 0) is 24.6 Å². The minimum atomic E-state index is -0.0627. The number of hydrogen-bond donors (Lipinski definition) is 2. The van der Waals surface area contributed by atoms with Gasteiger partial charge in [0.15, 0.2) is 0 Å². The number of benzene rings is 1. The Labute approximate surface area is 112 Å². The first kappa shape index (κ1) is 13.3. The second kappa shape index (κ2) is 6.15. The van der Waals surface area contributed by atoms with Gasteiger partial charge in [0.25, 0.3) is 0 Å². The molecule has 0 saturated heterocycles. The molecule has 0 aliphatic rings. The van der Waals surface area contributed by atoms with Crippen LogP contribution in [0.3, 0.4) is 0 Å². The normalized spacial score (nSPS) is 10.4. The molecule has 0 aliphatic heterocycles. The third-order valence-electron chi connectivity index (χ3n) is 2.59. The molecule has 1 heterocycles. The standard InChI is InChI=1S/C14H17N3O2/c1-10-7-14(17-19-10)9-15-8-12-3-5-13(6-4-12)16-11(2)18/h3-7,15H,8-9H2,1-2H3,(H,16,18). The molecule has 0 fully saturated rings. The molecule has 0 unspecified atom stereocenters. The van der Waals surface area contributed by atoms with Crippen molar-refractivity contribution < 1.29 is 9.32 Å². The molecule has 0 radical (unpaired) electrons. The van der Waals surface area contributed by atoms with Crippen molar-refractivity contribution in [3.8, 4) is 0 Å². The summed E-state index contributed by atoms with van der Waals surface area (Å²) in [4.78, 5) is 10.9. The monoisotopic (exact) mass is 259 g/mol. The van der Waals surface area contributed by atoms with Crippen molar-refractivity contribution in [3.63, 3.8) is 0 Å². The lowest BCUT2D eigenvalue weighted by atomic mass is 10.2. The van der Waals surface area contributed by atoms with Crippen molar-refractivity contribution in [2.75, 3.05) is 5.32 Å². The smallest absolute Gasteiger partial charge is 0.221 e. The van der Waals surface area contributed by atoms with Crippen LogP contribution in [0.4, 0.5) is 5.69 Å². The zero-order chi connectivity index (χ0) is 13.7. The fourth-order valence-electron chi connectivity index (χ4n) is 1.75. The molecule has 0 aliphatic carbocycles. The molecule has 100 valence electrons. The summed E-state index contributed by atoms with van der Waals surface area (Å²) in [5, 5.41) is 9.93. The first-order valence-corrected chi connectivity index (χ1v) is 6.13. The Morgan fingerprint density at radius 3 is 2.58 bits per heavy atom. The molecule has 2 rings (SSSR count). The van der Waals surface area contributed by atoms with Crippen LogP contribution in [0.2, 0.25) is 0 Å². The molecule has 1 aromatic carbocycles.